The lowest BCUT2D eigenvalue weighted by Gasteiger charge is -2.37. The van der Waals surface area contributed by atoms with E-state index in [9.17, 15) is 4.79 Å². The van der Waals surface area contributed by atoms with Crippen LogP contribution in [0.4, 0.5) is 4.79 Å². The van der Waals surface area contributed by atoms with Crippen LogP contribution in [0, 0.1) is 0 Å². The zero-order valence-corrected chi connectivity index (χ0v) is 8.96. The topological polar surface area (TPSA) is 76.4 Å². The SMILES string of the molecule is CC(C)(C)OC(=O)NC1CNC1CN. The summed E-state index contributed by atoms with van der Waals surface area (Å²) in [4.78, 5) is 11.3. The van der Waals surface area contributed by atoms with E-state index in [0.29, 0.717) is 6.54 Å². The molecule has 1 rings (SSSR count). The lowest BCUT2D eigenvalue weighted by atomic mass is 10.0. The van der Waals surface area contributed by atoms with Gasteiger partial charge in [-0.05, 0) is 20.8 Å². The van der Waals surface area contributed by atoms with Gasteiger partial charge in [0.2, 0.25) is 0 Å². The summed E-state index contributed by atoms with van der Waals surface area (Å²) in [7, 11) is 0. The predicted octanol–water partition coefficient (Wildman–Crippen LogP) is -0.190. The molecule has 0 aromatic carbocycles. The number of ether oxygens (including phenoxy) is 1. The molecule has 2 unspecified atom stereocenters. The Balaban J connectivity index is 2.27. The number of nitrogens with two attached hydrogens (primary N) is 1. The van der Waals surface area contributed by atoms with Crippen molar-refractivity contribution in [2.45, 2.75) is 38.5 Å². The van der Waals surface area contributed by atoms with E-state index in [-0.39, 0.29) is 18.2 Å². The predicted molar refractivity (Wildman–Crippen MR) is 54.0 cm³/mol. The molecule has 0 aromatic rings. The number of alkyl carbamates (subject to hydrolysis) is 1. The van der Waals surface area contributed by atoms with E-state index < -0.39 is 5.60 Å². The Bertz CT molecular complexity index is 211. The van der Waals surface area contributed by atoms with E-state index in [1.54, 1.807) is 0 Å². The number of nitrogens with one attached hydrogen (secondary N) is 2. The van der Waals surface area contributed by atoms with E-state index in [0.717, 1.165) is 6.54 Å². The van der Waals surface area contributed by atoms with Crippen LogP contribution in [-0.2, 0) is 4.74 Å². The summed E-state index contributed by atoms with van der Waals surface area (Å²) in [6, 6.07) is 0.289. The largest absolute Gasteiger partial charge is 0.444 e. The molecule has 0 saturated carbocycles. The Morgan fingerprint density at radius 1 is 1.64 bits per heavy atom. The molecular formula is C9H19N3O2. The van der Waals surface area contributed by atoms with Crippen molar-refractivity contribution in [1.82, 2.24) is 10.6 Å². The van der Waals surface area contributed by atoms with Crippen LogP contribution in [0.25, 0.3) is 0 Å². The molecule has 0 spiro atoms. The van der Waals surface area contributed by atoms with Crippen LogP contribution in [0.2, 0.25) is 0 Å². The van der Waals surface area contributed by atoms with Crippen molar-refractivity contribution in [3.63, 3.8) is 0 Å². The fourth-order valence-electron chi connectivity index (χ4n) is 1.26. The maximum atomic E-state index is 11.3. The Morgan fingerprint density at radius 3 is 2.64 bits per heavy atom. The van der Waals surface area contributed by atoms with E-state index in [2.05, 4.69) is 10.6 Å². The summed E-state index contributed by atoms with van der Waals surface area (Å²) in [5, 5.41) is 5.89. The standard InChI is InChI=1S/C9H19N3O2/c1-9(2,3)14-8(13)12-7-5-11-6(7)4-10/h6-7,11H,4-5,10H2,1-3H3,(H,12,13). The van der Waals surface area contributed by atoms with Crippen LogP contribution in [0.3, 0.4) is 0 Å². The molecular weight excluding hydrogens is 182 g/mol. The first-order valence-electron chi connectivity index (χ1n) is 4.85. The van der Waals surface area contributed by atoms with Gasteiger partial charge in [-0.2, -0.15) is 0 Å². The molecule has 0 radical (unpaired) electrons. The molecule has 1 amide bonds. The first-order valence-corrected chi connectivity index (χ1v) is 4.85. The highest BCUT2D eigenvalue weighted by Crippen LogP contribution is 2.08. The van der Waals surface area contributed by atoms with Crippen molar-refractivity contribution in [3.8, 4) is 0 Å². The monoisotopic (exact) mass is 201 g/mol. The Labute approximate surface area is 84.4 Å². The second-order valence-electron chi connectivity index (χ2n) is 4.50. The van der Waals surface area contributed by atoms with Gasteiger partial charge >= 0.3 is 6.09 Å². The number of hydrogen-bond acceptors (Lipinski definition) is 4. The number of rotatable bonds is 2. The van der Waals surface area contributed by atoms with E-state index in [4.69, 9.17) is 10.5 Å². The smallest absolute Gasteiger partial charge is 0.407 e. The van der Waals surface area contributed by atoms with Crippen LogP contribution in [-0.4, -0.2) is 36.9 Å². The molecule has 2 atom stereocenters. The van der Waals surface area contributed by atoms with Gasteiger partial charge in [0, 0.05) is 19.1 Å². The van der Waals surface area contributed by atoms with E-state index >= 15 is 0 Å². The van der Waals surface area contributed by atoms with Gasteiger partial charge in [-0.3, -0.25) is 0 Å². The molecule has 0 bridgehead atoms. The molecule has 4 N–H and O–H groups in total. The average molecular weight is 201 g/mol. The summed E-state index contributed by atoms with van der Waals surface area (Å²) < 4.78 is 5.12. The van der Waals surface area contributed by atoms with Crippen LogP contribution < -0.4 is 16.4 Å². The zero-order chi connectivity index (χ0) is 10.8. The molecule has 82 valence electrons. The van der Waals surface area contributed by atoms with Gasteiger partial charge in [0.25, 0.3) is 0 Å². The highest BCUT2D eigenvalue weighted by Gasteiger charge is 2.31. The van der Waals surface area contributed by atoms with Crippen molar-refractivity contribution in [1.29, 1.82) is 0 Å². The second-order valence-corrected chi connectivity index (χ2v) is 4.50. The third kappa shape index (κ3) is 3.16. The van der Waals surface area contributed by atoms with Gasteiger partial charge in [-0.15, -0.1) is 0 Å². The van der Waals surface area contributed by atoms with E-state index in [1.807, 2.05) is 20.8 Å². The van der Waals surface area contributed by atoms with Crippen LogP contribution in [0.5, 0.6) is 0 Å². The van der Waals surface area contributed by atoms with E-state index in [1.165, 1.54) is 0 Å². The lowest BCUT2D eigenvalue weighted by Crippen LogP contribution is -2.67. The minimum Gasteiger partial charge on any atom is -0.444 e. The number of carbonyl (C=O) groups excluding carboxylic acids is 1. The summed E-state index contributed by atoms with van der Waals surface area (Å²) in [6.07, 6.45) is -0.373. The van der Waals surface area contributed by atoms with Gasteiger partial charge in [0.05, 0.1) is 6.04 Å². The lowest BCUT2D eigenvalue weighted by molar-refractivity contribution is 0.0466. The molecule has 5 heteroatoms. The van der Waals surface area contributed by atoms with Crippen molar-refractivity contribution < 1.29 is 9.53 Å². The molecule has 1 saturated heterocycles. The zero-order valence-electron chi connectivity index (χ0n) is 8.96. The maximum absolute atomic E-state index is 11.3. The molecule has 5 nitrogen and oxygen atoms in total. The minimum atomic E-state index is -0.445. The van der Waals surface area contributed by atoms with Gasteiger partial charge < -0.3 is 21.1 Å². The molecule has 1 fully saturated rings. The van der Waals surface area contributed by atoms with Crippen LogP contribution in [0.1, 0.15) is 20.8 Å². The molecule has 0 aromatic heterocycles. The fraction of sp³-hybridized carbons (Fsp3) is 0.889. The van der Waals surface area contributed by atoms with Crippen molar-refractivity contribution >= 4 is 6.09 Å². The third-order valence-corrected chi connectivity index (χ3v) is 2.04. The highest BCUT2D eigenvalue weighted by molar-refractivity contribution is 5.68. The van der Waals surface area contributed by atoms with Crippen LogP contribution in [0.15, 0.2) is 0 Å². The van der Waals surface area contributed by atoms with Crippen molar-refractivity contribution in [2.24, 2.45) is 5.73 Å². The Morgan fingerprint density at radius 2 is 2.29 bits per heavy atom. The van der Waals surface area contributed by atoms with Gasteiger partial charge in [-0.25, -0.2) is 4.79 Å². The number of hydrogen-bond donors (Lipinski definition) is 3. The van der Waals surface area contributed by atoms with Crippen molar-refractivity contribution in [3.05, 3.63) is 0 Å². The number of amides is 1. The number of carbonyl (C=O) groups is 1. The maximum Gasteiger partial charge on any atom is 0.407 e. The molecule has 1 aliphatic rings. The van der Waals surface area contributed by atoms with Gasteiger partial charge in [0.1, 0.15) is 5.60 Å². The fourth-order valence-corrected chi connectivity index (χ4v) is 1.26. The Hall–Kier alpha value is -0.810. The Kier molecular flexibility index (Phi) is 3.34. The van der Waals surface area contributed by atoms with Crippen LogP contribution >= 0.6 is 0 Å². The molecule has 14 heavy (non-hydrogen) atoms. The minimum absolute atomic E-state index is 0.106. The normalized spacial score (nSPS) is 26.6. The quantitative estimate of drug-likeness (QED) is 0.579. The summed E-state index contributed by atoms with van der Waals surface area (Å²) in [6.45, 7) is 6.81. The summed E-state index contributed by atoms with van der Waals surface area (Å²) in [5.74, 6) is 0. The van der Waals surface area contributed by atoms with Crippen molar-refractivity contribution in [2.75, 3.05) is 13.1 Å². The average Bonchev–Trinajstić information content (AvgIpc) is 1.96. The molecule has 1 aliphatic heterocycles. The molecule has 1 heterocycles. The third-order valence-electron chi connectivity index (χ3n) is 2.04. The van der Waals surface area contributed by atoms with Gasteiger partial charge in [0.15, 0.2) is 0 Å². The highest BCUT2D eigenvalue weighted by atomic mass is 16.6. The first kappa shape index (κ1) is 11.3. The molecule has 0 aliphatic carbocycles. The summed E-state index contributed by atoms with van der Waals surface area (Å²) >= 11 is 0. The first-order chi connectivity index (χ1) is 6.42. The second kappa shape index (κ2) is 4.14. The summed E-state index contributed by atoms with van der Waals surface area (Å²) in [5.41, 5.74) is 5.03. The van der Waals surface area contributed by atoms with Gasteiger partial charge in [-0.1, -0.05) is 0 Å².